The van der Waals surface area contributed by atoms with Crippen molar-refractivity contribution in [1.82, 2.24) is 9.96 Å². The molecule has 5 nitrogen and oxygen atoms in total. The maximum atomic E-state index is 11.8. The molecule has 0 aromatic heterocycles. The number of nitrogens with zero attached hydrogens (tertiary/aromatic N) is 2. The van der Waals surface area contributed by atoms with E-state index in [0.717, 1.165) is 5.06 Å². The van der Waals surface area contributed by atoms with E-state index in [-0.39, 0.29) is 13.1 Å². The van der Waals surface area contributed by atoms with Crippen LogP contribution in [0.4, 0.5) is 4.79 Å². The zero-order valence-electron chi connectivity index (χ0n) is 9.07. The molecule has 0 aliphatic carbocycles. The van der Waals surface area contributed by atoms with Crippen molar-refractivity contribution in [2.45, 2.75) is 38.8 Å². The quantitative estimate of drug-likeness (QED) is 0.640. The van der Waals surface area contributed by atoms with Gasteiger partial charge >= 0.3 is 6.09 Å². The predicted octanol–water partition coefficient (Wildman–Crippen LogP) is 1.18. The van der Waals surface area contributed by atoms with E-state index in [1.165, 1.54) is 4.90 Å². The lowest BCUT2D eigenvalue weighted by Crippen LogP contribution is -2.67. The summed E-state index contributed by atoms with van der Waals surface area (Å²) in [5.41, 5.74) is -1.31. The lowest BCUT2D eigenvalue weighted by Gasteiger charge is -2.50. The molecule has 5 heteroatoms. The molecule has 0 aromatic carbocycles. The van der Waals surface area contributed by atoms with Gasteiger partial charge in [-0.2, -0.15) is 0 Å². The van der Waals surface area contributed by atoms with Gasteiger partial charge < -0.3 is 10.0 Å². The Hall–Kier alpha value is -0.810. The fourth-order valence-electron chi connectivity index (χ4n) is 2.07. The number of carbonyl (C=O) groups is 1. The van der Waals surface area contributed by atoms with Crippen LogP contribution in [0.25, 0.3) is 0 Å². The zero-order valence-corrected chi connectivity index (χ0v) is 9.07. The van der Waals surface area contributed by atoms with E-state index in [4.69, 9.17) is 5.11 Å². The molecule has 0 aromatic rings. The molecular formula is C9H17N2O3. The lowest BCUT2D eigenvalue weighted by molar-refractivity contribution is -0.292. The molecule has 0 atom stereocenters. The number of rotatable bonds is 0. The second kappa shape index (κ2) is 3.10. The molecule has 1 heterocycles. The van der Waals surface area contributed by atoms with Crippen LogP contribution in [0, 0.1) is 0 Å². The van der Waals surface area contributed by atoms with E-state index in [1.807, 2.05) is 0 Å². The fourth-order valence-corrected chi connectivity index (χ4v) is 2.07. The molecular weight excluding hydrogens is 184 g/mol. The topological polar surface area (TPSA) is 63.7 Å². The number of hydrogen-bond donors (Lipinski definition) is 1. The van der Waals surface area contributed by atoms with Gasteiger partial charge in [0.2, 0.25) is 0 Å². The monoisotopic (exact) mass is 201 g/mol. The van der Waals surface area contributed by atoms with Gasteiger partial charge in [0.25, 0.3) is 0 Å². The number of hydroxylamine groups is 2. The Labute approximate surface area is 83.9 Å². The van der Waals surface area contributed by atoms with Crippen molar-refractivity contribution in [2.24, 2.45) is 0 Å². The first kappa shape index (κ1) is 11.3. The minimum atomic E-state index is -0.959. The average Bonchev–Trinajstić information content (AvgIpc) is 1.98. The van der Waals surface area contributed by atoms with Crippen LogP contribution in [0.5, 0.6) is 0 Å². The van der Waals surface area contributed by atoms with Crippen LogP contribution in [0.2, 0.25) is 0 Å². The van der Waals surface area contributed by atoms with Gasteiger partial charge in [-0.1, -0.05) is 0 Å². The molecule has 14 heavy (non-hydrogen) atoms. The van der Waals surface area contributed by atoms with Gasteiger partial charge in [0.15, 0.2) is 0 Å². The summed E-state index contributed by atoms with van der Waals surface area (Å²) in [6, 6.07) is 0. The summed E-state index contributed by atoms with van der Waals surface area (Å²) in [4.78, 5) is 12.1. The van der Waals surface area contributed by atoms with E-state index < -0.39 is 17.2 Å². The predicted molar refractivity (Wildman–Crippen MR) is 50.3 cm³/mol. The van der Waals surface area contributed by atoms with Gasteiger partial charge in [-0.3, -0.25) is 0 Å². The average molecular weight is 201 g/mol. The zero-order chi connectivity index (χ0) is 11.1. The Kier molecular flexibility index (Phi) is 2.49. The minimum absolute atomic E-state index is 0.259. The molecule has 0 spiro atoms. The highest BCUT2D eigenvalue weighted by Crippen LogP contribution is 2.30. The highest BCUT2D eigenvalue weighted by Gasteiger charge is 2.46. The highest BCUT2D eigenvalue weighted by atomic mass is 16.5. The van der Waals surface area contributed by atoms with Crippen molar-refractivity contribution in [3.8, 4) is 0 Å². The molecule has 1 rings (SSSR count). The molecule has 1 radical (unpaired) electrons. The molecule has 0 saturated carbocycles. The number of carboxylic acid groups (broad SMARTS) is 1. The number of piperazine rings is 1. The van der Waals surface area contributed by atoms with E-state index in [0.29, 0.717) is 0 Å². The molecule has 1 fully saturated rings. The molecule has 81 valence electrons. The third kappa shape index (κ3) is 1.83. The van der Waals surface area contributed by atoms with Crippen molar-refractivity contribution in [3.63, 3.8) is 0 Å². The Morgan fingerprint density at radius 3 is 1.79 bits per heavy atom. The van der Waals surface area contributed by atoms with Crippen molar-refractivity contribution >= 4 is 6.09 Å². The third-order valence-electron chi connectivity index (χ3n) is 2.53. The summed E-state index contributed by atoms with van der Waals surface area (Å²) in [6.07, 6.45) is -0.959. The molecule has 0 unspecified atom stereocenters. The van der Waals surface area contributed by atoms with Crippen LogP contribution in [0.15, 0.2) is 0 Å². The second-order valence-corrected chi connectivity index (χ2v) is 5.06. The van der Waals surface area contributed by atoms with E-state index >= 15 is 0 Å². The maximum Gasteiger partial charge on any atom is 0.407 e. The van der Waals surface area contributed by atoms with Gasteiger partial charge in [-0.15, -0.1) is 10.3 Å². The van der Waals surface area contributed by atoms with Gasteiger partial charge in [0.05, 0.1) is 11.1 Å². The Bertz CT molecular complexity index is 232. The maximum absolute atomic E-state index is 11.8. The van der Waals surface area contributed by atoms with Crippen LogP contribution in [0.1, 0.15) is 27.7 Å². The third-order valence-corrected chi connectivity index (χ3v) is 2.53. The second-order valence-electron chi connectivity index (χ2n) is 5.06. The molecule has 1 N–H and O–H groups in total. The number of amides is 1. The highest BCUT2D eigenvalue weighted by molar-refractivity contribution is 5.65. The van der Waals surface area contributed by atoms with Crippen LogP contribution in [0.3, 0.4) is 0 Å². The molecule has 1 saturated heterocycles. The first-order valence-electron chi connectivity index (χ1n) is 4.62. The first-order valence-corrected chi connectivity index (χ1v) is 4.62. The van der Waals surface area contributed by atoms with Crippen LogP contribution >= 0.6 is 0 Å². The summed E-state index contributed by atoms with van der Waals surface area (Å²) in [6.45, 7) is 7.56. The van der Waals surface area contributed by atoms with Gasteiger partial charge in [0, 0.05) is 13.1 Å². The smallest absolute Gasteiger partial charge is 0.407 e. The van der Waals surface area contributed by atoms with Crippen LogP contribution in [-0.2, 0) is 5.21 Å². The summed E-state index contributed by atoms with van der Waals surface area (Å²) in [5, 5.41) is 21.7. The normalized spacial score (nSPS) is 26.2. The van der Waals surface area contributed by atoms with Crippen LogP contribution in [-0.4, -0.2) is 45.3 Å². The van der Waals surface area contributed by atoms with Crippen LogP contribution < -0.4 is 0 Å². The standard InChI is InChI=1S/C9H17N2O3/c1-8(2)5-10(7(12)13)6-9(3,4)11(8)14/h5-6H2,1-4H3,(H,12,13). The fraction of sp³-hybridized carbons (Fsp3) is 0.889. The Morgan fingerprint density at radius 1 is 1.14 bits per heavy atom. The van der Waals surface area contributed by atoms with Crippen molar-refractivity contribution < 1.29 is 15.1 Å². The summed E-state index contributed by atoms with van der Waals surface area (Å²) >= 11 is 0. The number of hydrogen-bond acceptors (Lipinski definition) is 2. The summed E-state index contributed by atoms with van der Waals surface area (Å²) in [7, 11) is 0. The molecule has 1 amide bonds. The molecule has 0 bridgehead atoms. The minimum Gasteiger partial charge on any atom is -0.465 e. The van der Waals surface area contributed by atoms with E-state index in [2.05, 4.69) is 0 Å². The van der Waals surface area contributed by atoms with Crippen molar-refractivity contribution in [1.29, 1.82) is 0 Å². The van der Waals surface area contributed by atoms with E-state index in [9.17, 15) is 10.0 Å². The first-order chi connectivity index (χ1) is 6.17. The van der Waals surface area contributed by atoms with Gasteiger partial charge in [0.1, 0.15) is 0 Å². The van der Waals surface area contributed by atoms with Crippen molar-refractivity contribution in [2.75, 3.05) is 13.1 Å². The molecule has 1 aliphatic rings. The van der Waals surface area contributed by atoms with Gasteiger partial charge in [-0.25, -0.2) is 4.79 Å². The summed E-state index contributed by atoms with van der Waals surface area (Å²) < 4.78 is 0. The Morgan fingerprint density at radius 2 is 1.50 bits per heavy atom. The SMILES string of the molecule is CC1(C)CN(C(=O)O)CC(C)(C)N1[O]. The van der Waals surface area contributed by atoms with Crippen molar-refractivity contribution in [3.05, 3.63) is 0 Å². The van der Waals surface area contributed by atoms with E-state index in [1.54, 1.807) is 27.7 Å². The summed E-state index contributed by atoms with van der Waals surface area (Å²) in [5.74, 6) is 0. The lowest BCUT2D eigenvalue weighted by atomic mass is 9.91. The Balaban J connectivity index is 2.91. The van der Waals surface area contributed by atoms with Gasteiger partial charge in [-0.05, 0) is 27.7 Å². The molecule has 1 aliphatic heterocycles. The largest absolute Gasteiger partial charge is 0.465 e.